The normalized spacial score (nSPS) is 14.5. The summed E-state index contributed by atoms with van der Waals surface area (Å²) in [4.78, 5) is 16.1. The first-order chi connectivity index (χ1) is 11.8. The lowest BCUT2D eigenvalue weighted by molar-refractivity contribution is 0.242. The average molecular weight is 355 g/mol. The molecule has 6 heteroatoms. The fourth-order valence-electron chi connectivity index (χ4n) is 2.95. The molecule has 0 aliphatic carbocycles. The molecule has 4 heterocycles. The summed E-state index contributed by atoms with van der Waals surface area (Å²) >= 11 is 3.30. The van der Waals surface area contributed by atoms with Crippen molar-refractivity contribution in [1.82, 2.24) is 19.9 Å². The first-order valence-corrected chi connectivity index (χ1v) is 10.1. The minimum absolute atomic E-state index is 0.871. The fraction of sp³-hybridized carbons (Fsp3) is 0.278. The largest absolute Gasteiger partial charge is 0.294 e. The quantitative estimate of drug-likeness (QED) is 0.525. The van der Waals surface area contributed by atoms with Crippen molar-refractivity contribution in [2.45, 2.75) is 24.7 Å². The summed E-state index contributed by atoms with van der Waals surface area (Å²) in [6.45, 7) is 2.86. The van der Waals surface area contributed by atoms with Crippen molar-refractivity contribution < 1.29 is 0 Å². The molecule has 3 aromatic rings. The van der Waals surface area contributed by atoms with E-state index in [-0.39, 0.29) is 0 Å². The lowest BCUT2D eigenvalue weighted by Crippen LogP contribution is -2.31. The number of thioether (sulfide) groups is 1. The van der Waals surface area contributed by atoms with Gasteiger partial charge in [0.05, 0.1) is 11.4 Å². The van der Waals surface area contributed by atoms with Crippen LogP contribution in [-0.2, 0) is 19.5 Å². The van der Waals surface area contributed by atoms with Crippen molar-refractivity contribution in [3.8, 4) is 11.3 Å². The molecule has 0 fully saturated rings. The smallest absolute Gasteiger partial charge is 0.187 e. The number of thiophene rings is 1. The molecule has 4 nitrogen and oxygen atoms in total. The predicted octanol–water partition coefficient (Wildman–Crippen LogP) is 3.88. The average Bonchev–Trinajstić information content (AvgIpc) is 3.16. The van der Waals surface area contributed by atoms with Gasteiger partial charge in [-0.15, -0.1) is 0 Å². The van der Waals surface area contributed by atoms with Crippen LogP contribution in [0, 0.1) is 0 Å². The molecule has 0 saturated heterocycles. The van der Waals surface area contributed by atoms with Crippen LogP contribution in [-0.4, -0.2) is 32.7 Å². The van der Waals surface area contributed by atoms with E-state index in [4.69, 9.17) is 0 Å². The second-order valence-corrected chi connectivity index (χ2v) is 7.41. The monoisotopic (exact) mass is 354 g/mol. The highest BCUT2D eigenvalue weighted by Crippen LogP contribution is 2.22. The van der Waals surface area contributed by atoms with E-state index < -0.39 is 0 Å². The van der Waals surface area contributed by atoms with Crippen LogP contribution in [0.15, 0.2) is 46.5 Å². The minimum atomic E-state index is 0.871. The summed E-state index contributed by atoms with van der Waals surface area (Å²) in [7, 11) is 0. The van der Waals surface area contributed by atoms with E-state index in [1.807, 2.05) is 18.6 Å². The molecule has 4 rings (SSSR count). The summed E-state index contributed by atoms with van der Waals surface area (Å²) in [6.07, 6.45) is 6.99. The maximum absolute atomic E-state index is 4.63. The third kappa shape index (κ3) is 3.36. The summed E-state index contributed by atoms with van der Waals surface area (Å²) in [5.41, 5.74) is 5.94. The number of nitrogens with zero attached hydrogens (tertiary/aromatic N) is 4. The van der Waals surface area contributed by atoms with E-state index in [1.165, 1.54) is 22.4 Å². The lowest BCUT2D eigenvalue weighted by Gasteiger charge is -2.27. The second kappa shape index (κ2) is 7.01. The van der Waals surface area contributed by atoms with E-state index in [9.17, 15) is 0 Å². The van der Waals surface area contributed by atoms with Gasteiger partial charge >= 0.3 is 0 Å². The Morgan fingerprint density at radius 2 is 2.17 bits per heavy atom. The Morgan fingerprint density at radius 3 is 2.92 bits per heavy atom. The van der Waals surface area contributed by atoms with Gasteiger partial charge in [-0.25, -0.2) is 9.97 Å². The highest BCUT2D eigenvalue weighted by atomic mass is 32.2. The van der Waals surface area contributed by atoms with E-state index in [0.717, 1.165) is 36.9 Å². The van der Waals surface area contributed by atoms with Gasteiger partial charge in [-0.1, -0.05) is 17.8 Å². The van der Waals surface area contributed by atoms with Crippen molar-refractivity contribution in [2.24, 2.45) is 0 Å². The van der Waals surface area contributed by atoms with Gasteiger partial charge in [0.2, 0.25) is 0 Å². The predicted molar refractivity (Wildman–Crippen MR) is 99.2 cm³/mol. The zero-order valence-corrected chi connectivity index (χ0v) is 15.1. The fourth-order valence-corrected chi connectivity index (χ4v) is 3.96. The highest BCUT2D eigenvalue weighted by Gasteiger charge is 2.18. The molecule has 24 heavy (non-hydrogen) atoms. The number of rotatable bonds is 4. The molecule has 0 atom stereocenters. The van der Waals surface area contributed by atoms with Crippen LogP contribution in [0.5, 0.6) is 0 Å². The third-order valence-electron chi connectivity index (χ3n) is 4.22. The topological polar surface area (TPSA) is 41.9 Å². The molecule has 0 spiro atoms. The summed E-state index contributed by atoms with van der Waals surface area (Å²) < 4.78 is 0. The first-order valence-electron chi connectivity index (χ1n) is 7.90. The molecular formula is C18H18N4S2. The molecule has 1 aliphatic heterocycles. The van der Waals surface area contributed by atoms with Gasteiger partial charge < -0.3 is 0 Å². The number of hydrogen-bond acceptors (Lipinski definition) is 6. The molecule has 0 bridgehead atoms. The molecule has 122 valence electrons. The minimum Gasteiger partial charge on any atom is -0.294 e. The summed E-state index contributed by atoms with van der Waals surface area (Å²) in [5, 5.41) is 5.09. The Morgan fingerprint density at radius 1 is 1.21 bits per heavy atom. The van der Waals surface area contributed by atoms with Gasteiger partial charge in [-0.2, -0.15) is 11.3 Å². The molecule has 0 radical (unpaired) electrons. The van der Waals surface area contributed by atoms with Gasteiger partial charge in [0, 0.05) is 55.0 Å². The van der Waals surface area contributed by atoms with E-state index in [0.29, 0.717) is 0 Å². The zero-order chi connectivity index (χ0) is 16.4. The molecule has 0 N–H and O–H groups in total. The molecule has 0 saturated carbocycles. The van der Waals surface area contributed by atoms with Crippen molar-refractivity contribution in [3.63, 3.8) is 0 Å². The SMILES string of the molecule is CSc1ncc2c(n1)CCN(Cc1ccc(-c3ccsc3)nc1)C2. The van der Waals surface area contributed by atoms with Crippen LogP contribution in [0.1, 0.15) is 16.8 Å². The van der Waals surface area contributed by atoms with Gasteiger partial charge in [0.1, 0.15) is 0 Å². The van der Waals surface area contributed by atoms with Gasteiger partial charge in [-0.05, 0) is 29.3 Å². The molecule has 0 aromatic carbocycles. The summed E-state index contributed by atoms with van der Waals surface area (Å²) in [6, 6.07) is 6.41. The number of aromatic nitrogens is 3. The second-order valence-electron chi connectivity index (χ2n) is 5.85. The van der Waals surface area contributed by atoms with Crippen LogP contribution < -0.4 is 0 Å². The molecule has 0 amide bonds. The van der Waals surface area contributed by atoms with Crippen molar-refractivity contribution in [3.05, 3.63) is 58.2 Å². The van der Waals surface area contributed by atoms with Crippen molar-refractivity contribution in [2.75, 3.05) is 12.8 Å². The Hall–Kier alpha value is -1.76. The summed E-state index contributed by atoms with van der Waals surface area (Å²) in [5.74, 6) is 0. The zero-order valence-electron chi connectivity index (χ0n) is 13.5. The van der Waals surface area contributed by atoms with E-state index in [2.05, 4.69) is 48.8 Å². The van der Waals surface area contributed by atoms with E-state index >= 15 is 0 Å². The maximum Gasteiger partial charge on any atom is 0.187 e. The van der Waals surface area contributed by atoms with Crippen LogP contribution in [0.3, 0.4) is 0 Å². The Labute approximate surface area is 150 Å². The lowest BCUT2D eigenvalue weighted by atomic mass is 10.1. The van der Waals surface area contributed by atoms with Crippen LogP contribution in [0.2, 0.25) is 0 Å². The molecule has 0 unspecified atom stereocenters. The van der Waals surface area contributed by atoms with E-state index in [1.54, 1.807) is 23.1 Å². The molecular weight excluding hydrogens is 336 g/mol. The third-order valence-corrected chi connectivity index (χ3v) is 5.47. The van der Waals surface area contributed by atoms with Gasteiger partial charge in [-0.3, -0.25) is 9.88 Å². The van der Waals surface area contributed by atoms with Crippen LogP contribution >= 0.6 is 23.1 Å². The van der Waals surface area contributed by atoms with Crippen molar-refractivity contribution in [1.29, 1.82) is 0 Å². The molecule has 1 aliphatic rings. The highest BCUT2D eigenvalue weighted by molar-refractivity contribution is 7.98. The number of hydrogen-bond donors (Lipinski definition) is 0. The Bertz CT molecular complexity index is 816. The maximum atomic E-state index is 4.63. The van der Waals surface area contributed by atoms with Gasteiger partial charge in [0.25, 0.3) is 0 Å². The Balaban J connectivity index is 1.44. The Kier molecular flexibility index (Phi) is 4.60. The molecule has 3 aromatic heterocycles. The van der Waals surface area contributed by atoms with Crippen LogP contribution in [0.25, 0.3) is 11.3 Å². The number of fused-ring (bicyclic) bond motifs is 1. The standard InChI is InChI=1S/C18H18N4S2/c1-23-18-20-9-15-11-22(6-4-17(15)21-18)10-13-2-3-16(19-8-13)14-5-7-24-12-14/h2-3,5,7-9,12H,4,6,10-11H2,1H3. The van der Waals surface area contributed by atoms with Crippen molar-refractivity contribution >= 4 is 23.1 Å². The number of pyridine rings is 1. The van der Waals surface area contributed by atoms with Crippen LogP contribution in [0.4, 0.5) is 0 Å². The first kappa shape index (κ1) is 15.7. The van der Waals surface area contributed by atoms with Gasteiger partial charge in [0.15, 0.2) is 5.16 Å².